The minimum Gasteiger partial charge on any atom is -0.384 e. The van der Waals surface area contributed by atoms with Crippen LogP contribution in [0.15, 0.2) is 18.2 Å². The molecule has 2 N–H and O–H groups in total. The number of nitrogens with one attached hydrogen (secondary N) is 2. The Morgan fingerprint density at radius 1 is 1.43 bits per heavy atom. The average molecular weight is 291 g/mol. The Morgan fingerprint density at radius 3 is 2.67 bits per heavy atom. The molecule has 0 unspecified atom stereocenters. The molecule has 1 aromatic rings. The van der Waals surface area contributed by atoms with Crippen LogP contribution >= 0.6 is 0 Å². The summed E-state index contributed by atoms with van der Waals surface area (Å²) in [6, 6.07) is 4.36. The third-order valence-corrected chi connectivity index (χ3v) is 3.90. The molecule has 0 heterocycles. The molecule has 1 aromatic carbocycles. The zero-order chi connectivity index (χ0) is 15.5. The summed E-state index contributed by atoms with van der Waals surface area (Å²) in [5.41, 5.74) is 0.735. The Kier molecular flexibility index (Phi) is 4.45. The van der Waals surface area contributed by atoms with Crippen molar-refractivity contribution in [2.45, 2.75) is 45.1 Å². The maximum absolute atomic E-state index is 12.4. The van der Waals surface area contributed by atoms with E-state index in [1.165, 1.54) is 12.1 Å². The van der Waals surface area contributed by atoms with Crippen LogP contribution in [0.25, 0.3) is 0 Å². The number of nitrogens with zero attached hydrogens (tertiary/aromatic N) is 1. The molecule has 0 aromatic heterocycles. The third-order valence-electron chi connectivity index (χ3n) is 3.90. The van der Waals surface area contributed by atoms with Gasteiger partial charge in [-0.25, -0.2) is 0 Å². The van der Waals surface area contributed by atoms with Crippen LogP contribution in [0.2, 0.25) is 0 Å². The predicted octanol–water partition coefficient (Wildman–Crippen LogP) is 3.09. The smallest absolute Gasteiger partial charge is 0.270 e. The minimum atomic E-state index is -0.481. The first-order valence-corrected chi connectivity index (χ1v) is 7.30. The van der Waals surface area contributed by atoms with Crippen molar-refractivity contribution in [1.29, 1.82) is 0 Å². The van der Waals surface area contributed by atoms with Gasteiger partial charge in [-0.3, -0.25) is 14.9 Å². The third kappa shape index (κ3) is 3.51. The Balaban J connectivity index is 2.25. The number of hydrogen-bond acceptors (Lipinski definition) is 4. The summed E-state index contributed by atoms with van der Waals surface area (Å²) in [7, 11) is 0. The lowest BCUT2D eigenvalue weighted by Gasteiger charge is -2.39. The first-order chi connectivity index (χ1) is 9.95. The van der Waals surface area contributed by atoms with Crippen LogP contribution in [-0.2, 0) is 0 Å². The lowest BCUT2D eigenvalue weighted by Crippen LogP contribution is -2.51. The molecule has 0 aliphatic heterocycles. The van der Waals surface area contributed by atoms with Gasteiger partial charge in [0.05, 0.1) is 10.5 Å². The summed E-state index contributed by atoms with van der Waals surface area (Å²) in [6.07, 6.45) is 3.92. The van der Waals surface area contributed by atoms with E-state index in [2.05, 4.69) is 10.6 Å². The molecule has 1 aliphatic carbocycles. The molecule has 6 heteroatoms. The maximum atomic E-state index is 12.4. The van der Waals surface area contributed by atoms with Crippen LogP contribution in [0.4, 0.5) is 11.4 Å². The molecule has 0 saturated heterocycles. The van der Waals surface area contributed by atoms with Gasteiger partial charge in [-0.1, -0.05) is 6.92 Å². The molecule has 0 bridgehead atoms. The Bertz CT molecular complexity index is 553. The van der Waals surface area contributed by atoms with Crippen molar-refractivity contribution in [2.75, 3.05) is 11.9 Å². The van der Waals surface area contributed by atoms with Gasteiger partial charge < -0.3 is 10.6 Å². The van der Waals surface area contributed by atoms with Crippen molar-refractivity contribution >= 4 is 17.3 Å². The van der Waals surface area contributed by atoms with Crippen molar-refractivity contribution in [2.24, 2.45) is 0 Å². The highest BCUT2D eigenvalue weighted by molar-refractivity contribution is 6.00. The number of non-ortho nitro benzene ring substituents is 1. The average Bonchev–Trinajstić information content (AvgIpc) is 2.43. The molecule has 114 valence electrons. The van der Waals surface area contributed by atoms with Crippen molar-refractivity contribution < 1.29 is 9.72 Å². The van der Waals surface area contributed by atoms with Gasteiger partial charge in [-0.2, -0.15) is 0 Å². The lowest BCUT2D eigenvalue weighted by molar-refractivity contribution is -0.384. The van der Waals surface area contributed by atoms with E-state index < -0.39 is 4.92 Å². The molecule has 1 aliphatic rings. The summed E-state index contributed by atoms with van der Waals surface area (Å²) in [6.45, 7) is 4.74. The monoisotopic (exact) mass is 291 g/mol. The highest BCUT2D eigenvalue weighted by atomic mass is 16.6. The summed E-state index contributed by atoms with van der Waals surface area (Å²) < 4.78 is 0. The van der Waals surface area contributed by atoms with Crippen molar-refractivity contribution in [1.82, 2.24) is 5.32 Å². The number of carbonyl (C=O) groups is 1. The SMILES string of the molecule is CCCNc1ccc([N+](=O)[O-])cc1C(=O)NC1(C)CCC1. The molecule has 0 radical (unpaired) electrons. The first-order valence-electron chi connectivity index (χ1n) is 7.30. The maximum Gasteiger partial charge on any atom is 0.270 e. The van der Waals surface area contributed by atoms with E-state index in [-0.39, 0.29) is 17.1 Å². The number of rotatable bonds is 6. The number of nitro groups is 1. The number of hydrogen-bond donors (Lipinski definition) is 2. The fourth-order valence-electron chi connectivity index (χ4n) is 2.42. The number of carbonyl (C=O) groups excluding carboxylic acids is 1. The molecule has 0 spiro atoms. The van der Waals surface area contributed by atoms with Gasteiger partial charge in [0.2, 0.25) is 0 Å². The highest BCUT2D eigenvalue weighted by Crippen LogP contribution is 2.32. The molecule has 6 nitrogen and oxygen atoms in total. The highest BCUT2D eigenvalue weighted by Gasteiger charge is 2.34. The Hall–Kier alpha value is -2.11. The number of nitro benzene ring substituents is 1. The van der Waals surface area contributed by atoms with Gasteiger partial charge in [-0.15, -0.1) is 0 Å². The number of anilines is 1. The molecule has 2 rings (SSSR count). The second kappa shape index (κ2) is 6.11. The van der Waals surface area contributed by atoms with E-state index in [4.69, 9.17) is 0 Å². The Labute approximate surface area is 124 Å². The van der Waals surface area contributed by atoms with Gasteiger partial charge >= 0.3 is 0 Å². The summed E-state index contributed by atoms with van der Waals surface area (Å²) in [4.78, 5) is 22.9. The molecule has 1 fully saturated rings. The lowest BCUT2D eigenvalue weighted by atomic mass is 9.78. The molecule has 21 heavy (non-hydrogen) atoms. The summed E-state index contributed by atoms with van der Waals surface area (Å²) in [5, 5.41) is 17.0. The van der Waals surface area contributed by atoms with Gasteiger partial charge in [0.25, 0.3) is 11.6 Å². The zero-order valence-electron chi connectivity index (χ0n) is 12.4. The van der Waals surface area contributed by atoms with Crippen LogP contribution in [0, 0.1) is 10.1 Å². The van der Waals surface area contributed by atoms with Crippen LogP contribution in [0.3, 0.4) is 0 Å². The molecule has 0 atom stereocenters. The fourth-order valence-corrected chi connectivity index (χ4v) is 2.42. The van der Waals surface area contributed by atoms with Gasteiger partial charge in [0.15, 0.2) is 0 Å². The summed E-state index contributed by atoms with van der Waals surface area (Å²) in [5.74, 6) is -0.250. The van der Waals surface area contributed by atoms with E-state index in [1.54, 1.807) is 6.07 Å². The van der Waals surface area contributed by atoms with Crippen LogP contribution in [0.1, 0.15) is 49.9 Å². The molecule has 1 amide bonds. The second-order valence-electron chi connectivity index (χ2n) is 5.78. The largest absolute Gasteiger partial charge is 0.384 e. The van der Waals surface area contributed by atoms with E-state index >= 15 is 0 Å². The minimum absolute atomic E-state index is 0.0686. The standard InChI is InChI=1S/C15H21N3O3/c1-3-9-16-13-6-5-11(18(20)21)10-12(13)14(19)17-15(2)7-4-8-15/h5-6,10,16H,3-4,7-9H2,1-2H3,(H,17,19). The van der Waals surface area contributed by atoms with Gasteiger partial charge in [0, 0.05) is 29.9 Å². The van der Waals surface area contributed by atoms with Gasteiger partial charge in [0.1, 0.15) is 0 Å². The number of amides is 1. The topological polar surface area (TPSA) is 84.3 Å². The van der Waals surface area contributed by atoms with E-state index in [1.807, 2.05) is 13.8 Å². The van der Waals surface area contributed by atoms with Crippen molar-refractivity contribution in [3.05, 3.63) is 33.9 Å². The van der Waals surface area contributed by atoms with E-state index in [0.717, 1.165) is 32.2 Å². The first kappa shape index (κ1) is 15.3. The van der Waals surface area contributed by atoms with Crippen LogP contribution in [0.5, 0.6) is 0 Å². The molecular formula is C15H21N3O3. The second-order valence-corrected chi connectivity index (χ2v) is 5.78. The zero-order valence-corrected chi connectivity index (χ0v) is 12.4. The fraction of sp³-hybridized carbons (Fsp3) is 0.533. The van der Waals surface area contributed by atoms with Crippen molar-refractivity contribution in [3.63, 3.8) is 0 Å². The number of benzene rings is 1. The normalized spacial score (nSPS) is 15.9. The van der Waals surface area contributed by atoms with E-state index in [9.17, 15) is 14.9 Å². The molecular weight excluding hydrogens is 270 g/mol. The van der Waals surface area contributed by atoms with Crippen LogP contribution in [-0.4, -0.2) is 22.9 Å². The Morgan fingerprint density at radius 2 is 2.14 bits per heavy atom. The predicted molar refractivity (Wildman–Crippen MR) is 81.6 cm³/mol. The van der Waals surface area contributed by atoms with Crippen molar-refractivity contribution in [3.8, 4) is 0 Å². The summed E-state index contributed by atoms with van der Waals surface area (Å²) >= 11 is 0. The van der Waals surface area contributed by atoms with Crippen LogP contribution < -0.4 is 10.6 Å². The van der Waals surface area contributed by atoms with Gasteiger partial charge in [-0.05, 0) is 38.7 Å². The quantitative estimate of drug-likeness (QED) is 0.623. The molecule has 1 saturated carbocycles. The van der Waals surface area contributed by atoms with E-state index in [0.29, 0.717) is 11.3 Å².